The van der Waals surface area contributed by atoms with Crippen LogP contribution in [0, 0.1) is 5.92 Å². The lowest BCUT2D eigenvalue weighted by atomic mass is 9.94. The summed E-state index contributed by atoms with van der Waals surface area (Å²) in [4.78, 5) is 2.32. The Labute approximate surface area is 127 Å². The zero-order valence-corrected chi connectivity index (χ0v) is 13.4. The highest BCUT2D eigenvalue weighted by atomic mass is 32.2. The van der Waals surface area contributed by atoms with Crippen LogP contribution in [0.3, 0.4) is 0 Å². The van der Waals surface area contributed by atoms with E-state index >= 15 is 0 Å². The Morgan fingerprint density at radius 2 is 1.95 bits per heavy atom. The number of sulfonamides is 1. The van der Waals surface area contributed by atoms with Crippen LogP contribution in [0.1, 0.15) is 24.8 Å². The second-order valence-corrected chi connectivity index (χ2v) is 7.69. The lowest BCUT2D eigenvalue weighted by Crippen LogP contribution is -2.33. The number of hydrogen-bond acceptors (Lipinski definition) is 4. The molecule has 0 saturated carbocycles. The normalized spacial score (nSPS) is 18.0. The van der Waals surface area contributed by atoms with E-state index in [1.807, 2.05) is 0 Å². The van der Waals surface area contributed by atoms with Gasteiger partial charge >= 0.3 is 0 Å². The molecule has 118 valence electrons. The molecule has 0 amide bonds. The fraction of sp³-hybridized carbons (Fsp3) is 0.600. The molecule has 21 heavy (non-hydrogen) atoms. The van der Waals surface area contributed by atoms with Crippen LogP contribution in [0.2, 0.25) is 0 Å². The van der Waals surface area contributed by atoms with E-state index in [2.05, 4.69) is 16.7 Å². The smallest absolute Gasteiger partial charge is 0.215 e. The van der Waals surface area contributed by atoms with Gasteiger partial charge in [-0.1, -0.05) is 18.2 Å². The number of nitrogens with two attached hydrogens (primary N) is 1. The second-order valence-electron chi connectivity index (χ2n) is 5.89. The van der Waals surface area contributed by atoms with Gasteiger partial charge in [0, 0.05) is 12.2 Å². The van der Waals surface area contributed by atoms with Crippen molar-refractivity contribution in [1.29, 1.82) is 0 Å². The Kier molecular flexibility index (Phi) is 5.61. The van der Waals surface area contributed by atoms with Crippen molar-refractivity contribution in [3.05, 3.63) is 29.8 Å². The number of likely N-dealkylation sites (tertiary alicyclic amines) is 1. The summed E-state index contributed by atoms with van der Waals surface area (Å²) in [5.41, 5.74) is 6.97. The number of anilines is 1. The first-order valence-corrected chi connectivity index (χ1v) is 9.11. The first-order valence-electron chi connectivity index (χ1n) is 7.45. The van der Waals surface area contributed by atoms with E-state index < -0.39 is 10.0 Å². The van der Waals surface area contributed by atoms with E-state index in [0.29, 0.717) is 23.7 Å². The number of nitrogens with zero attached hydrogens (tertiary/aromatic N) is 1. The van der Waals surface area contributed by atoms with Gasteiger partial charge in [-0.05, 0) is 56.9 Å². The van der Waals surface area contributed by atoms with Crippen LogP contribution in [0.4, 0.5) is 5.69 Å². The van der Waals surface area contributed by atoms with E-state index in [4.69, 9.17) is 5.73 Å². The fourth-order valence-electron chi connectivity index (χ4n) is 2.69. The molecule has 1 aliphatic rings. The fourth-order valence-corrected chi connectivity index (χ4v) is 3.89. The molecule has 6 heteroatoms. The van der Waals surface area contributed by atoms with Gasteiger partial charge in [0.2, 0.25) is 10.0 Å². The van der Waals surface area contributed by atoms with Gasteiger partial charge in [-0.3, -0.25) is 0 Å². The van der Waals surface area contributed by atoms with Crippen LogP contribution in [-0.4, -0.2) is 40.0 Å². The van der Waals surface area contributed by atoms with Crippen LogP contribution >= 0.6 is 0 Å². The van der Waals surface area contributed by atoms with Crippen molar-refractivity contribution in [2.75, 3.05) is 32.4 Å². The monoisotopic (exact) mass is 311 g/mol. The third-order valence-electron chi connectivity index (χ3n) is 4.11. The topological polar surface area (TPSA) is 75.4 Å². The Bertz CT molecular complexity index is 552. The van der Waals surface area contributed by atoms with Gasteiger partial charge < -0.3 is 10.6 Å². The van der Waals surface area contributed by atoms with E-state index in [9.17, 15) is 8.42 Å². The standard InChI is InChI=1S/C15H25N3O2S/c1-18-10-7-13(8-11-18)6-9-17-21(19,20)12-14-4-2-3-5-15(14)16/h2-5,13,17H,6-12,16H2,1H3. The predicted molar refractivity (Wildman–Crippen MR) is 86.3 cm³/mol. The van der Waals surface area contributed by atoms with E-state index in [1.165, 1.54) is 0 Å². The number of nitrogens with one attached hydrogen (secondary N) is 1. The number of hydrogen-bond donors (Lipinski definition) is 2. The maximum Gasteiger partial charge on any atom is 0.215 e. The highest BCUT2D eigenvalue weighted by Crippen LogP contribution is 2.19. The van der Waals surface area contributed by atoms with Crippen molar-refractivity contribution in [3.8, 4) is 0 Å². The number of para-hydroxylation sites is 1. The molecule has 0 aliphatic carbocycles. The van der Waals surface area contributed by atoms with Crippen molar-refractivity contribution in [3.63, 3.8) is 0 Å². The van der Waals surface area contributed by atoms with E-state index in [-0.39, 0.29) is 5.75 Å². The summed E-state index contributed by atoms with van der Waals surface area (Å²) < 4.78 is 26.8. The molecule has 1 aliphatic heterocycles. The Hall–Kier alpha value is -1.11. The van der Waals surface area contributed by atoms with Gasteiger partial charge in [-0.15, -0.1) is 0 Å². The summed E-state index contributed by atoms with van der Waals surface area (Å²) in [5.74, 6) is 0.582. The van der Waals surface area contributed by atoms with Crippen LogP contribution < -0.4 is 10.5 Å². The predicted octanol–water partition coefficient (Wildman–Crippen LogP) is 1.42. The van der Waals surface area contributed by atoms with Gasteiger partial charge in [0.15, 0.2) is 0 Å². The molecule has 0 spiro atoms. The average Bonchev–Trinajstić information content (AvgIpc) is 2.43. The number of benzene rings is 1. The first-order chi connectivity index (χ1) is 9.96. The summed E-state index contributed by atoms with van der Waals surface area (Å²) >= 11 is 0. The van der Waals surface area contributed by atoms with Gasteiger partial charge in [0.1, 0.15) is 0 Å². The van der Waals surface area contributed by atoms with Crippen molar-refractivity contribution < 1.29 is 8.42 Å². The number of piperidine rings is 1. The molecule has 1 aromatic rings. The lowest BCUT2D eigenvalue weighted by Gasteiger charge is -2.28. The van der Waals surface area contributed by atoms with Gasteiger partial charge in [0.25, 0.3) is 0 Å². The molecule has 0 unspecified atom stereocenters. The van der Waals surface area contributed by atoms with Crippen LogP contribution in [-0.2, 0) is 15.8 Å². The molecule has 5 nitrogen and oxygen atoms in total. The minimum absolute atomic E-state index is 0.0485. The summed E-state index contributed by atoms with van der Waals surface area (Å²) in [7, 11) is -1.18. The van der Waals surface area contributed by atoms with Crippen molar-refractivity contribution in [2.45, 2.75) is 25.0 Å². The third-order valence-corrected chi connectivity index (χ3v) is 5.45. The first kappa shape index (κ1) is 16.3. The summed E-state index contributed by atoms with van der Waals surface area (Å²) in [6, 6.07) is 7.09. The van der Waals surface area contributed by atoms with Crippen LogP contribution in [0.25, 0.3) is 0 Å². The minimum Gasteiger partial charge on any atom is -0.398 e. The van der Waals surface area contributed by atoms with Crippen molar-refractivity contribution >= 4 is 15.7 Å². The molecule has 3 N–H and O–H groups in total. The zero-order valence-electron chi connectivity index (χ0n) is 12.6. The quantitative estimate of drug-likeness (QED) is 0.779. The minimum atomic E-state index is -3.31. The molecule has 0 radical (unpaired) electrons. The molecular weight excluding hydrogens is 286 g/mol. The molecule has 0 atom stereocenters. The van der Waals surface area contributed by atoms with Gasteiger partial charge in [0.05, 0.1) is 5.75 Å². The lowest BCUT2D eigenvalue weighted by molar-refractivity contribution is 0.213. The van der Waals surface area contributed by atoms with Gasteiger partial charge in [-0.2, -0.15) is 0 Å². The number of rotatable bonds is 6. The summed E-state index contributed by atoms with van der Waals surface area (Å²) in [6.07, 6.45) is 3.23. The van der Waals surface area contributed by atoms with Crippen LogP contribution in [0.15, 0.2) is 24.3 Å². The van der Waals surface area contributed by atoms with Crippen molar-refractivity contribution in [1.82, 2.24) is 9.62 Å². The zero-order chi connectivity index (χ0) is 15.3. The van der Waals surface area contributed by atoms with Crippen LogP contribution in [0.5, 0.6) is 0 Å². The SMILES string of the molecule is CN1CCC(CCNS(=O)(=O)Cc2ccccc2N)CC1. The molecule has 2 rings (SSSR count). The van der Waals surface area contributed by atoms with Gasteiger partial charge in [-0.25, -0.2) is 13.1 Å². The average molecular weight is 311 g/mol. The largest absolute Gasteiger partial charge is 0.398 e. The van der Waals surface area contributed by atoms with Crippen molar-refractivity contribution in [2.24, 2.45) is 5.92 Å². The van der Waals surface area contributed by atoms with E-state index in [0.717, 1.165) is 32.4 Å². The molecule has 1 saturated heterocycles. The molecule has 1 aromatic carbocycles. The Morgan fingerprint density at radius 1 is 1.29 bits per heavy atom. The summed E-state index contributed by atoms with van der Waals surface area (Å²) in [5, 5.41) is 0. The third kappa shape index (κ3) is 5.30. The van der Waals surface area contributed by atoms with E-state index in [1.54, 1.807) is 24.3 Å². The molecule has 1 fully saturated rings. The highest BCUT2D eigenvalue weighted by molar-refractivity contribution is 7.88. The maximum absolute atomic E-state index is 12.1. The molecular formula is C15H25N3O2S. The number of nitrogen functional groups attached to an aromatic ring is 1. The molecule has 1 heterocycles. The molecule has 0 aromatic heterocycles. The highest BCUT2D eigenvalue weighted by Gasteiger charge is 2.18. The molecule has 0 bridgehead atoms. The Morgan fingerprint density at radius 3 is 2.62 bits per heavy atom. The maximum atomic E-state index is 12.1. The second kappa shape index (κ2) is 7.24. The summed E-state index contributed by atoms with van der Waals surface area (Å²) in [6.45, 7) is 2.74. The Balaban J connectivity index is 1.78.